The van der Waals surface area contributed by atoms with Crippen LogP contribution in [0.2, 0.25) is 0 Å². The zero-order valence-corrected chi connectivity index (χ0v) is 7.88. The van der Waals surface area contributed by atoms with Gasteiger partial charge in [0.2, 0.25) is 0 Å². The maximum Gasteiger partial charge on any atom is 0.309 e. The van der Waals surface area contributed by atoms with Gasteiger partial charge in [-0.3, -0.25) is 9.79 Å². The second kappa shape index (κ2) is 3.41. The van der Waals surface area contributed by atoms with Crippen LogP contribution < -0.4 is 0 Å². The van der Waals surface area contributed by atoms with Gasteiger partial charge in [-0.2, -0.15) is 0 Å². The van der Waals surface area contributed by atoms with E-state index in [9.17, 15) is 4.79 Å². The lowest BCUT2D eigenvalue weighted by molar-refractivity contribution is -0.136. The summed E-state index contributed by atoms with van der Waals surface area (Å²) in [4.78, 5) is 16.8. The minimum atomic E-state index is -0.779. The van der Waals surface area contributed by atoms with E-state index >= 15 is 0 Å². The van der Waals surface area contributed by atoms with Crippen LogP contribution in [-0.2, 0) is 4.79 Å². The molecule has 0 aromatic carbocycles. The zero-order valence-electron chi connectivity index (χ0n) is 7.06. The van der Waals surface area contributed by atoms with Crippen LogP contribution >= 0.6 is 11.8 Å². The second-order valence-corrected chi connectivity index (χ2v) is 3.80. The molecule has 0 saturated carbocycles. The van der Waals surface area contributed by atoms with Crippen LogP contribution in [0.15, 0.2) is 16.1 Å². The molecule has 2 rings (SSSR count). The van der Waals surface area contributed by atoms with E-state index in [-0.39, 0.29) is 6.42 Å². The molecule has 0 saturated heterocycles. The Morgan fingerprint density at radius 1 is 1.77 bits per heavy atom. The molecule has 0 unspecified atom stereocenters. The van der Waals surface area contributed by atoms with Gasteiger partial charge in [0.25, 0.3) is 0 Å². The average molecular weight is 198 g/mol. The Morgan fingerprint density at radius 2 is 2.62 bits per heavy atom. The first-order chi connectivity index (χ1) is 6.27. The third-order valence-corrected chi connectivity index (χ3v) is 2.95. The van der Waals surface area contributed by atoms with E-state index in [1.165, 1.54) is 11.8 Å². The number of carboxylic acids is 1. The molecule has 0 bridgehead atoms. The molecule has 0 aromatic heterocycles. The van der Waals surface area contributed by atoms with E-state index < -0.39 is 5.97 Å². The first-order valence-corrected chi connectivity index (χ1v) is 5.05. The highest BCUT2D eigenvalue weighted by Crippen LogP contribution is 2.30. The standard InChI is InChI=1S/C8H10N2O2S/c11-7(12)4-6-5-13-8-9-2-1-3-10(6)8/h5H,1-4H2,(H,11,12). The molecule has 0 spiro atoms. The summed E-state index contributed by atoms with van der Waals surface area (Å²) in [6.07, 6.45) is 1.12. The number of carboxylic acid groups (broad SMARTS) is 1. The van der Waals surface area contributed by atoms with Crippen LogP contribution in [0.25, 0.3) is 0 Å². The molecule has 2 aliphatic heterocycles. The van der Waals surface area contributed by atoms with E-state index in [1.807, 2.05) is 10.3 Å². The van der Waals surface area contributed by atoms with Crippen molar-refractivity contribution >= 4 is 22.9 Å². The highest BCUT2D eigenvalue weighted by molar-refractivity contribution is 8.16. The summed E-state index contributed by atoms with van der Waals surface area (Å²) < 4.78 is 0. The first kappa shape index (κ1) is 8.62. The lowest BCUT2D eigenvalue weighted by Crippen LogP contribution is -2.30. The molecule has 0 fully saturated rings. The van der Waals surface area contributed by atoms with Gasteiger partial charge >= 0.3 is 5.97 Å². The quantitative estimate of drug-likeness (QED) is 0.722. The molecular weight excluding hydrogens is 188 g/mol. The van der Waals surface area contributed by atoms with Crippen molar-refractivity contribution in [1.29, 1.82) is 0 Å². The Labute approximate surface area is 80.3 Å². The number of fused-ring (bicyclic) bond motifs is 1. The largest absolute Gasteiger partial charge is 0.481 e. The van der Waals surface area contributed by atoms with Crippen molar-refractivity contribution in [2.24, 2.45) is 4.99 Å². The third-order valence-electron chi connectivity index (χ3n) is 2.00. The minimum Gasteiger partial charge on any atom is -0.481 e. The van der Waals surface area contributed by atoms with Crippen LogP contribution in [0, 0.1) is 0 Å². The van der Waals surface area contributed by atoms with Crippen molar-refractivity contribution in [2.45, 2.75) is 12.8 Å². The molecule has 0 aromatic rings. The molecule has 0 amide bonds. The van der Waals surface area contributed by atoms with Crippen molar-refractivity contribution in [3.05, 3.63) is 11.1 Å². The Morgan fingerprint density at radius 3 is 3.38 bits per heavy atom. The number of hydrogen-bond donors (Lipinski definition) is 1. The molecule has 5 heteroatoms. The number of amidine groups is 1. The molecule has 1 N–H and O–H groups in total. The summed E-state index contributed by atoms with van der Waals surface area (Å²) in [7, 11) is 0. The van der Waals surface area contributed by atoms with Crippen molar-refractivity contribution in [3.63, 3.8) is 0 Å². The van der Waals surface area contributed by atoms with Gasteiger partial charge in [0.05, 0.1) is 6.42 Å². The summed E-state index contributed by atoms with van der Waals surface area (Å²) in [5, 5.41) is 11.5. The van der Waals surface area contributed by atoms with Crippen LogP contribution in [0.3, 0.4) is 0 Å². The van der Waals surface area contributed by atoms with Crippen molar-refractivity contribution in [2.75, 3.05) is 13.1 Å². The average Bonchev–Trinajstić information content (AvgIpc) is 2.48. The number of thioether (sulfide) groups is 1. The fourth-order valence-electron chi connectivity index (χ4n) is 1.43. The van der Waals surface area contributed by atoms with Crippen molar-refractivity contribution in [1.82, 2.24) is 4.90 Å². The Bertz CT molecular complexity index is 299. The Kier molecular flexibility index (Phi) is 2.26. The number of aliphatic carboxylic acids is 1. The molecular formula is C8H10N2O2S. The summed E-state index contributed by atoms with van der Waals surface area (Å²) in [5.41, 5.74) is 0.871. The van der Waals surface area contributed by atoms with E-state index in [2.05, 4.69) is 4.99 Å². The van der Waals surface area contributed by atoms with Crippen LogP contribution in [0.4, 0.5) is 0 Å². The van der Waals surface area contributed by atoms with Gasteiger partial charge in [-0.15, -0.1) is 0 Å². The van der Waals surface area contributed by atoms with Gasteiger partial charge in [-0.25, -0.2) is 0 Å². The molecule has 2 heterocycles. The molecule has 2 aliphatic rings. The highest BCUT2D eigenvalue weighted by atomic mass is 32.2. The van der Waals surface area contributed by atoms with Crippen LogP contribution in [-0.4, -0.2) is 34.2 Å². The van der Waals surface area contributed by atoms with Gasteiger partial charge in [0.1, 0.15) is 0 Å². The minimum absolute atomic E-state index is 0.103. The van der Waals surface area contributed by atoms with E-state index in [0.29, 0.717) is 0 Å². The fraction of sp³-hybridized carbons (Fsp3) is 0.500. The third kappa shape index (κ3) is 1.70. The number of carbonyl (C=O) groups is 1. The van der Waals surface area contributed by atoms with Gasteiger partial charge in [0, 0.05) is 18.8 Å². The highest BCUT2D eigenvalue weighted by Gasteiger charge is 2.25. The van der Waals surface area contributed by atoms with Gasteiger partial charge < -0.3 is 10.0 Å². The fourth-order valence-corrected chi connectivity index (χ4v) is 2.38. The van der Waals surface area contributed by atoms with Crippen LogP contribution in [0.1, 0.15) is 12.8 Å². The number of rotatable bonds is 2. The number of hydrogen-bond acceptors (Lipinski definition) is 4. The van der Waals surface area contributed by atoms with Gasteiger partial charge in [-0.1, -0.05) is 11.8 Å². The van der Waals surface area contributed by atoms with Crippen molar-refractivity contribution in [3.8, 4) is 0 Å². The molecule has 0 aliphatic carbocycles. The molecule has 70 valence electrons. The maximum absolute atomic E-state index is 10.5. The lowest BCUT2D eigenvalue weighted by atomic mass is 10.2. The van der Waals surface area contributed by atoms with E-state index in [0.717, 1.165) is 30.4 Å². The lowest BCUT2D eigenvalue weighted by Gasteiger charge is -2.24. The van der Waals surface area contributed by atoms with E-state index in [1.54, 1.807) is 0 Å². The van der Waals surface area contributed by atoms with Gasteiger partial charge in [-0.05, 0) is 11.8 Å². The van der Waals surface area contributed by atoms with Gasteiger partial charge in [0.15, 0.2) is 5.17 Å². The van der Waals surface area contributed by atoms with Crippen LogP contribution in [0.5, 0.6) is 0 Å². The summed E-state index contributed by atoms with van der Waals surface area (Å²) in [6, 6.07) is 0. The normalized spacial score (nSPS) is 20.8. The summed E-state index contributed by atoms with van der Waals surface area (Å²) >= 11 is 1.53. The topological polar surface area (TPSA) is 52.9 Å². The smallest absolute Gasteiger partial charge is 0.309 e. The predicted octanol–water partition coefficient (Wildman–Crippen LogP) is 1.11. The SMILES string of the molecule is O=C(O)CC1=CSC2=NCCCN12. The second-order valence-electron chi connectivity index (χ2n) is 2.97. The first-order valence-electron chi connectivity index (χ1n) is 4.17. The zero-order chi connectivity index (χ0) is 9.26. The summed E-state index contributed by atoms with van der Waals surface area (Å²) in [5.74, 6) is -0.779. The maximum atomic E-state index is 10.5. The number of aliphatic imine (C=N–C) groups is 1. The monoisotopic (exact) mass is 198 g/mol. The molecule has 13 heavy (non-hydrogen) atoms. The summed E-state index contributed by atoms with van der Waals surface area (Å²) in [6.45, 7) is 1.78. The molecule has 0 radical (unpaired) electrons. The number of nitrogens with zero attached hydrogens (tertiary/aromatic N) is 2. The van der Waals surface area contributed by atoms with Crippen molar-refractivity contribution < 1.29 is 9.90 Å². The van der Waals surface area contributed by atoms with E-state index in [4.69, 9.17) is 5.11 Å². The molecule has 0 atom stereocenters. The Hall–Kier alpha value is -0.970. The predicted molar refractivity (Wildman–Crippen MR) is 51.6 cm³/mol. The Balaban J connectivity index is 2.10. The molecule has 4 nitrogen and oxygen atoms in total.